The first-order valence-electron chi connectivity index (χ1n) is 6.98. The first kappa shape index (κ1) is 18.1. The molecule has 0 aromatic heterocycles. The molecule has 0 bridgehead atoms. The van der Waals surface area contributed by atoms with E-state index in [0.29, 0.717) is 5.02 Å². The van der Waals surface area contributed by atoms with Gasteiger partial charge in [-0.15, -0.1) is 11.8 Å². The zero-order valence-corrected chi connectivity index (χ0v) is 14.3. The number of nitrogens with two attached hydrogens (primary N) is 1. The SMILES string of the molecule is CC(OC(=O)CSc1cccc2cccc(Cl)c12)C(=O)NC(N)=O. The fourth-order valence-electron chi connectivity index (χ4n) is 2.03. The van der Waals surface area contributed by atoms with E-state index in [-0.39, 0.29) is 5.75 Å². The second-order valence-electron chi connectivity index (χ2n) is 4.87. The molecular formula is C16H15ClN2O4S. The number of halogens is 1. The van der Waals surface area contributed by atoms with Gasteiger partial charge in [-0.2, -0.15) is 0 Å². The van der Waals surface area contributed by atoms with Crippen molar-refractivity contribution in [1.82, 2.24) is 5.32 Å². The molecule has 2 aromatic rings. The molecule has 1 unspecified atom stereocenters. The van der Waals surface area contributed by atoms with Crippen LogP contribution in [0, 0.1) is 0 Å². The highest BCUT2D eigenvalue weighted by Gasteiger charge is 2.19. The lowest BCUT2D eigenvalue weighted by Crippen LogP contribution is -2.42. The molecule has 8 heteroatoms. The molecule has 0 aliphatic carbocycles. The normalized spacial score (nSPS) is 11.8. The fourth-order valence-corrected chi connectivity index (χ4v) is 3.25. The van der Waals surface area contributed by atoms with E-state index in [1.54, 1.807) is 6.07 Å². The average Bonchev–Trinajstić information content (AvgIpc) is 2.52. The van der Waals surface area contributed by atoms with Crippen molar-refractivity contribution < 1.29 is 19.1 Å². The Morgan fingerprint density at radius 2 is 1.92 bits per heavy atom. The number of hydrogen-bond acceptors (Lipinski definition) is 5. The summed E-state index contributed by atoms with van der Waals surface area (Å²) in [5, 5.41) is 4.28. The second kappa shape index (κ2) is 8.03. The van der Waals surface area contributed by atoms with Gasteiger partial charge in [-0.25, -0.2) is 4.79 Å². The lowest BCUT2D eigenvalue weighted by atomic mass is 10.1. The molecule has 0 aliphatic rings. The quantitative estimate of drug-likeness (QED) is 0.626. The van der Waals surface area contributed by atoms with E-state index >= 15 is 0 Å². The van der Waals surface area contributed by atoms with Crippen LogP contribution in [-0.4, -0.2) is 29.8 Å². The van der Waals surface area contributed by atoms with Crippen LogP contribution in [0.1, 0.15) is 6.92 Å². The van der Waals surface area contributed by atoms with Crippen molar-refractivity contribution in [2.75, 3.05) is 5.75 Å². The van der Waals surface area contributed by atoms with Gasteiger partial charge < -0.3 is 10.5 Å². The van der Waals surface area contributed by atoms with Crippen molar-refractivity contribution in [2.45, 2.75) is 17.9 Å². The Morgan fingerprint density at radius 3 is 2.58 bits per heavy atom. The number of carbonyl (C=O) groups is 3. The van der Waals surface area contributed by atoms with Crippen LogP contribution in [0.2, 0.25) is 5.02 Å². The maximum absolute atomic E-state index is 11.9. The lowest BCUT2D eigenvalue weighted by Gasteiger charge is -2.12. The van der Waals surface area contributed by atoms with Crippen LogP contribution in [0.5, 0.6) is 0 Å². The van der Waals surface area contributed by atoms with Crippen LogP contribution < -0.4 is 11.1 Å². The first-order chi connectivity index (χ1) is 11.4. The molecule has 0 radical (unpaired) electrons. The summed E-state index contributed by atoms with van der Waals surface area (Å²) < 4.78 is 4.96. The van der Waals surface area contributed by atoms with Crippen LogP contribution in [-0.2, 0) is 14.3 Å². The minimum atomic E-state index is -1.11. The summed E-state index contributed by atoms with van der Waals surface area (Å²) >= 11 is 7.48. The van der Waals surface area contributed by atoms with E-state index in [1.807, 2.05) is 35.6 Å². The van der Waals surface area contributed by atoms with Crippen LogP contribution in [0.3, 0.4) is 0 Å². The van der Waals surface area contributed by atoms with E-state index in [9.17, 15) is 14.4 Å². The molecule has 126 valence electrons. The van der Waals surface area contributed by atoms with E-state index in [0.717, 1.165) is 15.7 Å². The summed E-state index contributed by atoms with van der Waals surface area (Å²) in [5.74, 6) is -1.36. The third kappa shape index (κ3) is 4.62. The molecule has 0 fully saturated rings. The van der Waals surface area contributed by atoms with Crippen molar-refractivity contribution in [3.63, 3.8) is 0 Å². The van der Waals surface area contributed by atoms with Crippen molar-refractivity contribution in [1.29, 1.82) is 0 Å². The summed E-state index contributed by atoms with van der Waals surface area (Å²) in [4.78, 5) is 34.8. The van der Waals surface area contributed by atoms with Crippen molar-refractivity contribution in [3.05, 3.63) is 41.4 Å². The number of primary amides is 1. The highest BCUT2D eigenvalue weighted by molar-refractivity contribution is 8.00. The number of hydrogen-bond donors (Lipinski definition) is 2. The van der Waals surface area contributed by atoms with Gasteiger partial charge in [0.15, 0.2) is 6.10 Å². The van der Waals surface area contributed by atoms with Gasteiger partial charge in [0.25, 0.3) is 5.91 Å². The minimum Gasteiger partial charge on any atom is -0.452 e. The van der Waals surface area contributed by atoms with Gasteiger partial charge in [0, 0.05) is 15.3 Å². The predicted octanol–water partition coefficient (Wildman–Crippen LogP) is 2.71. The molecule has 2 aromatic carbocycles. The number of esters is 1. The number of urea groups is 1. The molecule has 24 heavy (non-hydrogen) atoms. The zero-order valence-electron chi connectivity index (χ0n) is 12.7. The Morgan fingerprint density at radius 1 is 1.25 bits per heavy atom. The number of benzene rings is 2. The number of ether oxygens (including phenoxy) is 1. The summed E-state index contributed by atoms with van der Waals surface area (Å²) in [6, 6.07) is 10.2. The topological polar surface area (TPSA) is 98.5 Å². The molecule has 0 spiro atoms. The van der Waals surface area contributed by atoms with Crippen molar-refractivity contribution in [2.24, 2.45) is 5.73 Å². The third-order valence-electron chi connectivity index (χ3n) is 3.08. The van der Waals surface area contributed by atoms with E-state index in [4.69, 9.17) is 22.1 Å². The second-order valence-corrected chi connectivity index (χ2v) is 6.29. The van der Waals surface area contributed by atoms with Gasteiger partial charge in [0.2, 0.25) is 0 Å². The Hall–Kier alpha value is -2.25. The molecule has 6 nitrogen and oxygen atoms in total. The van der Waals surface area contributed by atoms with Gasteiger partial charge in [-0.1, -0.05) is 35.9 Å². The molecule has 3 amide bonds. The standard InChI is InChI=1S/C16H15ClN2O4S/c1-9(15(21)19-16(18)22)23-13(20)8-24-12-7-3-5-10-4-2-6-11(17)14(10)12/h2-7,9H,8H2,1H3,(H3,18,19,21,22). The highest BCUT2D eigenvalue weighted by atomic mass is 35.5. The molecule has 1 atom stereocenters. The van der Waals surface area contributed by atoms with Gasteiger partial charge in [-0.05, 0) is 24.4 Å². The zero-order chi connectivity index (χ0) is 17.7. The first-order valence-corrected chi connectivity index (χ1v) is 8.34. The maximum atomic E-state index is 11.9. The number of fused-ring (bicyclic) bond motifs is 1. The molecule has 0 saturated heterocycles. The monoisotopic (exact) mass is 366 g/mol. The Kier molecular flexibility index (Phi) is 6.05. The van der Waals surface area contributed by atoms with Gasteiger partial charge in [0.05, 0.1) is 5.75 Å². The fraction of sp³-hybridized carbons (Fsp3) is 0.188. The summed E-state index contributed by atoms with van der Waals surface area (Å²) in [5.41, 5.74) is 4.84. The summed E-state index contributed by atoms with van der Waals surface area (Å²) in [6.45, 7) is 1.36. The number of carbonyl (C=O) groups excluding carboxylic acids is 3. The van der Waals surface area contributed by atoms with Gasteiger partial charge in [0.1, 0.15) is 0 Å². The number of imide groups is 1. The molecular weight excluding hydrogens is 352 g/mol. The molecule has 3 N–H and O–H groups in total. The van der Waals surface area contributed by atoms with Crippen molar-refractivity contribution in [3.8, 4) is 0 Å². The number of rotatable bonds is 5. The minimum absolute atomic E-state index is 0.00146. The van der Waals surface area contributed by atoms with Crippen LogP contribution >= 0.6 is 23.4 Å². The third-order valence-corrected chi connectivity index (χ3v) is 4.43. The van der Waals surface area contributed by atoms with Gasteiger partial charge in [-0.3, -0.25) is 14.9 Å². The molecule has 0 saturated carbocycles. The van der Waals surface area contributed by atoms with Crippen LogP contribution in [0.25, 0.3) is 10.8 Å². The van der Waals surface area contributed by atoms with Crippen LogP contribution in [0.4, 0.5) is 4.79 Å². The summed E-state index contributed by atoms with van der Waals surface area (Å²) in [7, 11) is 0. The number of thioether (sulfide) groups is 1. The Bertz CT molecular complexity index is 791. The average molecular weight is 367 g/mol. The van der Waals surface area contributed by atoms with Gasteiger partial charge >= 0.3 is 12.0 Å². The largest absolute Gasteiger partial charge is 0.452 e. The smallest absolute Gasteiger partial charge is 0.318 e. The van der Waals surface area contributed by atoms with E-state index in [1.165, 1.54) is 18.7 Å². The molecule has 2 rings (SSSR count). The van der Waals surface area contributed by atoms with Crippen molar-refractivity contribution >= 4 is 52.0 Å². The van der Waals surface area contributed by atoms with Crippen LogP contribution in [0.15, 0.2) is 41.3 Å². The Labute approximate surface area is 147 Å². The predicted molar refractivity (Wildman–Crippen MR) is 93.0 cm³/mol. The maximum Gasteiger partial charge on any atom is 0.318 e. The number of nitrogens with one attached hydrogen (secondary N) is 1. The van der Waals surface area contributed by atoms with E-state index < -0.39 is 24.0 Å². The molecule has 0 aliphatic heterocycles. The molecule has 0 heterocycles. The summed E-state index contributed by atoms with van der Waals surface area (Å²) in [6.07, 6.45) is -1.11. The highest BCUT2D eigenvalue weighted by Crippen LogP contribution is 2.33. The Balaban J connectivity index is 2.00. The lowest BCUT2D eigenvalue weighted by molar-refractivity contribution is -0.151. The van der Waals surface area contributed by atoms with E-state index in [2.05, 4.69) is 0 Å². The number of amides is 3.